The first-order valence-electron chi connectivity index (χ1n) is 7.90. The van der Waals surface area contributed by atoms with E-state index in [-0.39, 0.29) is 16.0 Å². The molecule has 0 aromatic heterocycles. The van der Waals surface area contributed by atoms with E-state index in [9.17, 15) is 18.5 Å². The number of aryl methyl sites for hydroxylation is 1. The van der Waals surface area contributed by atoms with Crippen LogP contribution in [0.5, 0.6) is 0 Å². The smallest absolute Gasteiger partial charge is 0.258 e. The second kappa shape index (κ2) is 7.15. The Morgan fingerprint density at radius 1 is 1.16 bits per heavy atom. The highest BCUT2D eigenvalue weighted by atomic mass is 32.2. The molecule has 1 fully saturated rings. The quantitative estimate of drug-likeness (QED) is 0.587. The second-order valence-electron chi connectivity index (χ2n) is 5.69. The number of non-ortho nitro benzene ring substituents is 1. The third-order valence-electron chi connectivity index (χ3n) is 4.18. The van der Waals surface area contributed by atoms with Crippen molar-refractivity contribution in [3.05, 3.63) is 69.8 Å². The van der Waals surface area contributed by atoms with Crippen molar-refractivity contribution in [2.45, 2.75) is 23.6 Å². The Labute approximate surface area is 151 Å². The Hall–Kier alpha value is -1.90. The lowest BCUT2D eigenvalue weighted by Crippen LogP contribution is -2.30. The highest BCUT2D eigenvalue weighted by molar-refractivity contribution is 8.01. The largest absolute Gasteiger partial charge is 0.269 e. The van der Waals surface area contributed by atoms with Gasteiger partial charge in [0.15, 0.2) is 0 Å². The van der Waals surface area contributed by atoms with Gasteiger partial charge in [-0.25, -0.2) is 8.42 Å². The molecule has 1 atom stereocenters. The van der Waals surface area contributed by atoms with Crippen LogP contribution in [0.1, 0.15) is 23.4 Å². The number of sulfonamides is 1. The summed E-state index contributed by atoms with van der Waals surface area (Å²) in [7, 11) is -3.61. The number of hydrogen-bond donors (Lipinski definition) is 0. The highest BCUT2D eigenvalue weighted by Crippen LogP contribution is 2.41. The summed E-state index contributed by atoms with van der Waals surface area (Å²) in [6, 6.07) is 13.0. The van der Waals surface area contributed by atoms with Crippen molar-refractivity contribution in [2.75, 3.05) is 12.3 Å². The molecule has 3 rings (SSSR count). The molecule has 6 nitrogen and oxygen atoms in total. The number of nitro groups is 1. The average molecular weight is 378 g/mol. The van der Waals surface area contributed by atoms with E-state index in [1.807, 2.05) is 19.1 Å². The SMILES string of the molecule is CCc1ccc(S(=O)(=O)N2CCS[C@@H]2c2ccc([N+](=O)[O-])cc2)cc1. The third-order valence-corrected chi connectivity index (χ3v) is 7.45. The summed E-state index contributed by atoms with van der Waals surface area (Å²) in [5.74, 6) is 0.688. The molecule has 0 bridgehead atoms. The Morgan fingerprint density at radius 3 is 2.36 bits per heavy atom. The van der Waals surface area contributed by atoms with Crippen molar-refractivity contribution in [3.63, 3.8) is 0 Å². The van der Waals surface area contributed by atoms with E-state index < -0.39 is 14.9 Å². The van der Waals surface area contributed by atoms with Gasteiger partial charge in [0.2, 0.25) is 10.0 Å². The number of thioether (sulfide) groups is 1. The predicted octanol–water partition coefficient (Wildman–Crippen LogP) is 3.59. The molecule has 1 aliphatic heterocycles. The zero-order valence-electron chi connectivity index (χ0n) is 13.7. The lowest BCUT2D eigenvalue weighted by Gasteiger charge is -2.23. The van der Waals surface area contributed by atoms with E-state index in [2.05, 4.69) is 0 Å². The molecule has 1 heterocycles. The van der Waals surface area contributed by atoms with Gasteiger partial charge >= 0.3 is 0 Å². The maximum absolute atomic E-state index is 13.0. The predicted molar refractivity (Wildman–Crippen MR) is 98.0 cm³/mol. The number of benzene rings is 2. The molecule has 8 heteroatoms. The van der Waals surface area contributed by atoms with Gasteiger partial charge in [-0.15, -0.1) is 11.8 Å². The topological polar surface area (TPSA) is 80.5 Å². The normalized spacial score (nSPS) is 18.4. The summed E-state index contributed by atoms with van der Waals surface area (Å²) in [6.45, 7) is 2.44. The first-order chi connectivity index (χ1) is 11.9. The van der Waals surface area contributed by atoms with Gasteiger partial charge in [0.05, 0.1) is 15.2 Å². The molecule has 1 aliphatic rings. The lowest BCUT2D eigenvalue weighted by atomic mass is 10.2. The van der Waals surface area contributed by atoms with Crippen molar-refractivity contribution < 1.29 is 13.3 Å². The molecule has 2 aromatic carbocycles. The van der Waals surface area contributed by atoms with E-state index >= 15 is 0 Å². The van der Waals surface area contributed by atoms with Crippen LogP contribution in [0, 0.1) is 10.1 Å². The van der Waals surface area contributed by atoms with E-state index in [1.165, 1.54) is 28.2 Å². The first kappa shape index (κ1) is 17.9. The van der Waals surface area contributed by atoms with Crippen molar-refractivity contribution in [1.82, 2.24) is 4.31 Å². The fraction of sp³-hybridized carbons (Fsp3) is 0.294. The zero-order chi connectivity index (χ0) is 18.0. The Balaban J connectivity index is 1.90. The van der Waals surface area contributed by atoms with Crippen LogP contribution >= 0.6 is 11.8 Å². The number of rotatable bonds is 5. The fourth-order valence-corrected chi connectivity index (χ4v) is 6.00. The van der Waals surface area contributed by atoms with Gasteiger partial charge in [0.1, 0.15) is 0 Å². The van der Waals surface area contributed by atoms with Gasteiger partial charge in [0.25, 0.3) is 5.69 Å². The van der Waals surface area contributed by atoms with Crippen LogP contribution < -0.4 is 0 Å². The van der Waals surface area contributed by atoms with E-state index in [1.54, 1.807) is 24.3 Å². The molecule has 25 heavy (non-hydrogen) atoms. The van der Waals surface area contributed by atoms with Crippen LogP contribution in [0.4, 0.5) is 5.69 Å². The lowest BCUT2D eigenvalue weighted by molar-refractivity contribution is -0.384. The van der Waals surface area contributed by atoms with Crippen molar-refractivity contribution in [3.8, 4) is 0 Å². The van der Waals surface area contributed by atoms with Gasteiger partial charge in [-0.3, -0.25) is 10.1 Å². The number of nitrogens with zero attached hydrogens (tertiary/aromatic N) is 2. The molecule has 2 aromatic rings. The molecular formula is C17H18N2O4S2. The van der Waals surface area contributed by atoms with Gasteiger partial charge in [-0.05, 0) is 41.8 Å². The Morgan fingerprint density at radius 2 is 1.80 bits per heavy atom. The monoisotopic (exact) mass is 378 g/mol. The maximum Gasteiger partial charge on any atom is 0.269 e. The number of nitro benzene ring substituents is 1. The van der Waals surface area contributed by atoms with Gasteiger partial charge in [-0.1, -0.05) is 19.1 Å². The molecule has 1 saturated heterocycles. The molecule has 0 aliphatic carbocycles. The Kier molecular flexibility index (Phi) is 5.12. The van der Waals surface area contributed by atoms with Gasteiger partial charge < -0.3 is 0 Å². The maximum atomic E-state index is 13.0. The van der Waals surface area contributed by atoms with Crippen LogP contribution in [0.2, 0.25) is 0 Å². The summed E-state index contributed by atoms with van der Waals surface area (Å²) < 4.78 is 27.5. The molecule has 132 valence electrons. The minimum absolute atomic E-state index is 0.00342. The standard InChI is InChI=1S/C17H18N2O4S2/c1-2-13-3-9-16(10-4-13)25(22,23)18-11-12-24-17(18)14-5-7-15(8-6-14)19(20)21/h3-10,17H,2,11-12H2,1H3/t17-/m1/s1. The Bertz CT molecular complexity index is 865. The van der Waals surface area contributed by atoms with Gasteiger partial charge in [0, 0.05) is 24.4 Å². The van der Waals surface area contributed by atoms with Crippen LogP contribution in [0.3, 0.4) is 0 Å². The summed E-state index contributed by atoms with van der Waals surface area (Å²) in [4.78, 5) is 10.6. The second-order valence-corrected chi connectivity index (χ2v) is 8.76. The zero-order valence-corrected chi connectivity index (χ0v) is 15.3. The van der Waals surface area contributed by atoms with Crippen LogP contribution in [-0.2, 0) is 16.4 Å². The first-order valence-corrected chi connectivity index (χ1v) is 10.4. The van der Waals surface area contributed by atoms with Crippen LogP contribution in [0.15, 0.2) is 53.4 Å². The molecule has 0 amide bonds. The highest BCUT2D eigenvalue weighted by Gasteiger charge is 2.36. The third kappa shape index (κ3) is 3.56. The van der Waals surface area contributed by atoms with Crippen molar-refractivity contribution in [1.29, 1.82) is 0 Å². The van der Waals surface area contributed by atoms with Crippen LogP contribution in [0.25, 0.3) is 0 Å². The molecule has 0 radical (unpaired) electrons. The number of hydrogen-bond acceptors (Lipinski definition) is 5. The summed E-state index contributed by atoms with van der Waals surface area (Å²) in [5.41, 5.74) is 1.83. The summed E-state index contributed by atoms with van der Waals surface area (Å²) in [6.07, 6.45) is 0.852. The average Bonchev–Trinajstić information content (AvgIpc) is 3.12. The fourth-order valence-electron chi connectivity index (χ4n) is 2.76. The van der Waals surface area contributed by atoms with Crippen molar-refractivity contribution in [2.24, 2.45) is 0 Å². The molecule has 0 N–H and O–H groups in total. The summed E-state index contributed by atoms with van der Waals surface area (Å²) >= 11 is 1.52. The van der Waals surface area contributed by atoms with Crippen LogP contribution in [-0.4, -0.2) is 29.9 Å². The molecular weight excluding hydrogens is 360 g/mol. The minimum Gasteiger partial charge on any atom is -0.258 e. The van der Waals surface area contributed by atoms with E-state index in [4.69, 9.17) is 0 Å². The molecule has 0 spiro atoms. The van der Waals surface area contributed by atoms with E-state index in [0.29, 0.717) is 12.3 Å². The molecule has 0 unspecified atom stereocenters. The van der Waals surface area contributed by atoms with Gasteiger partial charge in [-0.2, -0.15) is 4.31 Å². The minimum atomic E-state index is -3.61. The van der Waals surface area contributed by atoms with Crippen molar-refractivity contribution >= 4 is 27.5 Å². The molecule has 0 saturated carbocycles. The van der Waals surface area contributed by atoms with E-state index in [0.717, 1.165) is 17.5 Å². The summed E-state index contributed by atoms with van der Waals surface area (Å²) in [5, 5.41) is 10.4.